The predicted octanol–water partition coefficient (Wildman–Crippen LogP) is 4.02. The van der Waals surface area contributed by atoms with Gasteiger partial charge >= 0.3 is 0 Å². The summed E-state index contributed by atoms with van der Waals surface area (Å²) >= 11 is 1.59. The van der Waals surface area contributed by atoms with Crippen LogP contribution in [0.2, 0.25) is 0 Å². The molecule has 1 aromatic carbocycles. The number of benzene rings is 1. The Bertz CT molecular complexity index is 656. The minimum absolute atomic E-state index is 0.119. The van der Waals surface area contributed by atoms with Crippen LogP contribution in [0.5, 0.6) is 0 Å². The van der Waals surface area contributed by atoms with Crippen LogP contribution in [0.15, 0.2) is 35.7 Å². The number of aromatic nitrogens is 1. The number of amides is 1. The number of hydrogen-bond acceptors (Lipinski definition) is 4. The summed E-state index contributed by atoms with van der Waals surface area (Å²) in [5.41, 5.74) is 2.08. The third-order valence-electron chi connectivity index (χ3n) is 4.46. The number of nitrogens with one attached hydrogen (secondary N) is 1. The zero-order valence-corrected chi connectivity index (χ0v) is 14.8. The lowest BCUT2D eigenvalue weighted by Gasteiger charge is -2.28. The van der Waals surface area contributed by atoms with Gasteiger partial charge in [0.15, 0.2) is 0 Å². The normalized spacial score (nSPS) is 20.7. The van der Waals surface area contributed by atoms with Crippen molar-refractivity contribution in [3.63, 3.8) is 0 Å². The Morgan fingerprint density at radius 2 is 2.21 bits per heavy atom. The molecule has 4 nitrogen and oxygen atoms in total. The van der Waals surface area contributed by atoms with Gasteiger partial charge in [0.05, 0.1) is 18.3 Å². The number of nitrogens with zero attached hydrogens (tertiary/aromatic N) is 1. The van der Waals surface area contributed by atoms with Crippen molar-refractivity contribution in [2.24, 2.45) is 5.92 Å². The van der Waals surface area contributed by atoms with Crippen LogP contribution < -0.4 is 5.32 Å². The average Bonchev–Trinajstić information content (AvgIpc) is 3.10. The lowest BCUT2D eigenvalue weighted by Crippen LogP contribution is -2.30. The second-order valence-corrected chi connectivity index (χ2v) is 7.21. The van der Waals surface area contributed by atoms with E-state index in [1.807, 2.05) is 35.7 Å². The lowest BCUT2D eigenvalue weighted by molar-refractivity contribution is -0.123. The monoisotopic (exact) mass is 344 g/mol. The highest BCUT2D eigenvalue weighted by atomic mass is 32.1. The molecule has 0 spiro atoms. The highest BCUT2D eigenvalue weighted by Crippen LogP contribution is 2.25. The van der Waals surface area contributed by atoms with E-state index >= 15 is 0 Å². The summed E-state index contributed by atoms with van der Waals surface area (Å²) in [7, 11) is 0. The molecule has 1 fully saturated rings. The SMILES string of the molecule is CC[C@H]1C[C@H](CC(=O)NCc2nc(-c3ccccc3)cs2)CCO1. The molecule has 0 bridgehead atoms. The maximum Gasteiger partial charge on any atom is 0.220 e. The van der Waals surface area contributed by atoms with Crippen molar-refractivity contribution < 1.29 is 9.53 Å². The molecule has 1 aliphatic rings. The molecule has 5 heteroatoms. The molecule has 2 heterocycles. The van der Waals surface area contributed by atoms with Crippen molar-refractivity contribution in [1.82, 2.24) is 10.3 Å². The molecule has 1 aliphatic heterocycles. The van der Waals surface area contributed by atoms with Crippen molar-refractivity contribution in [2.45, 2.75) is 45.3 Å². The Labute approximate surface area is 147 Å². The molecule has 1 saturated heterocycles. The topological polar surface area (TPSA) is 51.2 Å². The molecule has 0 radical (unpaired) electrons. The largest absolute Gasteiger partial charge is 0.378 e. The van der Waals surface area contributed by atoms with Gasteiger partial charge in [-0.05, 0) is 25.2 Å². The smallest absolute Gasteiger partial charge is 0.220 e. The van der Waals surface area contributed by atoms with Crippen LogP contribution in [0.3, 0.4) is 0 Å². The number of carbonyl (C=O) groups excluding carboxylic acids is 1. The summed E-state index contributed by atoms with van der Waals surface area (Å²) in [6.07, 6.45) is 3.93. The van der Waals surface area contributed by atoms with E-state index < -0.39 is 0 Å². The lowest BCUT2D eigenvalue weighted by atomic mass is 9.91. The van der Waals surface area contributed by atoms with Gasteiger partial charge in [-0.2, -0.15) is 0 Å². The van der Waals surface area contributed by atoms with Crippen molar-refractivity contribution in [1.29, 1.82) is 0 Å². The standard InChI is InChI=1S/C19H24N2O2S/c1-2-16-10-14(8-9-23-16)11-18(22)20-12-19-21-17(13-24-19)15-6-4-3-5-7-15/h3-7,13-14,16H,2,8-12H2,1H3,(H,20,22)/t14-,16+/m1/s1. The first-order valence-electron chi connectivity index (χ1n) is 8.62. The number of rotatable bonds is 6. The molecular formula is C19H24N2O2S. The molecule has 2 atom stereocenters. The second kappa shape index (κ2) is 8.40. The van der Waals surface area contributed by atoms with Crippen LogP contribution in [0.1, 0.15) is 37.6 Å². The van der Waals surface area contributed by atoms with Gasteiger partial charge in [-0.25, -0.2) is 4.98 Å². The zero-order chi connectivity index (χ0) is 16.8. The fourth-order valence-corrected chi connectivity index (χ4v) is 3.81. The Balaban J connectivity index is 1.47. The molecule has 0 unspecified atom stereocenters. The summed E-state index contributed by atoms with van der Waals surface area (Å²) in [6.45, 7) is 3.43. The van der Waals surface area contributed by atoms with Crippen LogP contribution >= 0.6 is 11.3 Å². The van der Waals surface area contributed by atoms with E-state index in [0.29, 0.717) is 25.0 Å². The quantitative estimate of drug-likeness (QED) is 0.861. The third kappa shape index (κ3) is 4.65. The number of ether oxygens (including phenoxy) is 1. The van der Waals surface area contributed by atoms with E-state index in [1.54, 1.807) is 11.3 Å². The van der Waals surface area contributed by atoms with E-state index in [-0.39, 0.29) is 5.91 Å². The number of hydrogen-bond donors (Lipinski definition) is 1. The molecular weight excluding hydrogens is 320 g/mol. The van der Waals surface area contributed by atoms with Gasteiger partial charge in [-0.3, -0.25) is 4.79 Å². The van der Waals surface area contributed by atoms with Crippen molar-refractivity contribution in [3.05, 3.63) is 40.7 Å². The summed E-state index contributed by atoms with van der Waals surface area (Å²) in [4.78, 5) is 16.8. The molecule has 3 rings (SSSR count). The van der Waals surface area contributed by atoms with Gasteiger partial charge in [0, 0.05) is 24.0 Å². The summed E-state index contributed by atoms with van der Waals surface area (Å²) < 4.78 is 5.67. The van der Waals surface area contributed by atoms with Gasteiger partial charge in [-0.15, -0.1) is 11.3 Å². The van der Waals surface area contributed by atoms with Gasteiger partial charge in [-0.1, -0.05) is 37.3 Å². The Morgan fingerprint density at radius 3 is 3.00 bits per heavy atom. The molecule has 1 N–H and O–H groups in total. The Morgan fingerprint density at radius 1 is 1.38 bits per heavy atom. The Kier molecular flexibility index (Phi) is 5.99. The van der Waals surface area contributed by atoms with Gasteiger partial charge in [0.25, 0.3) is 0 Å². The van der Waals surface area contributed by atoms with E-state index in [0.717, 1.165) is 42.1 Å². The first-order valence-corrected chi connectivity index (χ1v) is 9.50. The molecule has 24 heavy (non-hydrogen) atoms. The zero-order valence-electron chi connectivity index (χ0n) is 14.0. The van der Waals surface area contributed by atoms with Gasteiger partial charge in [0.1, 0.15) is 5.01 Å². The van der Waals surface area contributed by atoms with E-state index in [1.165, 1.54) is 0 Å². The fraction of sp³-hybridized carbons (Fsp3) is 0.474. The van der Waals surface area contributed by atoms with Crippen LogP contribution in [-0.2, 0) is 16.1 Å². The maximum absolute atomic E-state index is 12.2. The van der Waals surface area contributed by atoms with Crippen molar-refractivity contribution in [3.8, 4) is 11.3 Å². The van der Waals surface area contributed by atoms with Crippen LogP contribution in [0, 0.1) is 5.92 Å². The Hall–Kier alpha value is -1.72. The molecule has 0 aliphatic carbocycles. The van der Waals surface area contributed by atoms with Gasteiger partial charge < -0.3 is 10.1 Å². The van der Waals surface area contributed by atoms with E-state index in [4.69, 9.17) is 4.74 Å². The molecule has 0 saturated carbocycles. The molecule has 1 aromatic heterocycles. The molecule has 2 aromatic rings. The highest BCUT2D eigenvalue weighted by Gasteiger charge is 2.23. The van der Waals surface area contributed by atoms with Crippen molar-refractivity contribution >= 4 is 17.2 Å². The fourth-order valence-electron chi connectivity index (χ4n) is 3.07. The minimum atomic E-state index is 0.119. The number of thiazole rings is 1. The minimum Gasteiger partial charge on any atom is -0.378 e. The second-order valence-electron chi connectivity index (χ2n) is 6.26. The summed E-state index contributed by atoms with van der Waals surface area (Å²) in [5, 5.41) is 6.00. The van der Waals surface area contributed by atoms with Crippen LogP contribution in [0.25, 0.3) is 11.3 Å². The van der Waals surface area contributed by atoms with Gasteiger partial charge in [0.2, 0.25) is 5.91 Å². The van der Waals surface area contributed by atoms with Crippen molar-refractivity contribution in [2.75, 3.05) is 6.61 Å². The predicted molar refractivity (Wildman–Crippen MR) is 96.8 cm³/mol. The maximum atomic E-state index is 12.2. The van der Waals surface area contributed by atoms with E-state index in [9.17, 15) is 4.79 Å². The number of carbonyl (C=O) groups is 1. The van der Waals surface area contributed by atoms with Crippen LogP contribution in [-0.4, -0.2) is 23.6 Å². The molecule has 1 amide bonds. The average molecular weight is 344 g/mol. The first kappa shape index (κ1) is 17.1. The highest BCUT2D eigenvalue weighted by molar-refractivity contribution is 7.09. The third-order valence-corrected chi connectivity index (χ3v) is 5.31. The first-order chi connectivity index (χ1) is 11.7. The summed E-state index contributed by atoms with van der Waals surface area (Å²) in [5.74, 6) is 0.563. The van der Waals surface area contributed by atoms with Crippen LogP contribution in [0.4, 0.5) is 0 Å². The van der Waals surface area contributed by atoms with E-state index in [2.05, 4.69) is 17.2 Å². The summed E-state index contributed by atoms with van der Waals surface area (Å²) in [6, 6.07) is 10.1. The molecule has 128 valence electrons.